The number of hydrogen-bond donors (Lipinski definition) is 1. The van der Waals surface area contributed by atoms with E-state index >= 15 is 0 Å². The quantitative estimate of drug-likeness (QED) is 0.774. The van der Waals surface area contributed by atoms with Crippen molar-refractivity contribution in [1.29, 1.82) is 0 Å². The second kappa shape index (κ2) is 8.80. The molecule has 0 atom stereocenters. The van der Waals surface area contributed by atoms with Crippen molar-refractivity contribution in [3.63, 3.8) is 0 Å². The van der Waals surface area contributed by atoms with Gasteiger partial charge in [-0.15, -0.1) is 0 Å². The third-order valence-corrected chi connectivity index (χ3v) is 3.69. The van der Waals surface area contributed by atoms with Gasteiger partial charge in [-0.3, -0.25) is 14.4 Å². The van der Waals surface area contributed by atoms with Gasteiger partial charge in [0.25, 0.3) is 0 Å². The van der Waals surface area contributed by atoms with Crippen molar-refractivity contribution in [2.24, 2.45) is 0 Å². The number of rotatable bonds is 7. The molecule has 0 unspecified atom stereocenters. The fourth-order valence-corrected chi connectivity index (χ4v) is 2.43. The Morgan fingerprint density at radius 2 is 1.73 bits per heavy atom. The van der Waals surface area contributed by atoms with E-state index in [1.807, 2.05) is 6.92 Å². The van der Waals surface area contributed by atoms with E-state index in [0.717, 1.165) is 0 Å². The predicted molar refractivity (Wildman–Crippen MR) is 101 cm³/mol. The minimum Gasteiger partial charge on any atom is -0.494 e. The van der Waals surface area contributed by atoms with Crippen LogP contribution in [0, 0.1) is 0 Å². The van der Waals surface area contributed by atoms with E-state index in [4.69, 9.17) is 4.74 Å². The van der Waals surface area contributed by atoms with Crippen molar-refractivity contribution in [1.82, 2.24) is 0 Å². The second-order valence-electron chi connectivity index (χ2n) is 5.72. The number of ketones is 1. The molecule has 2 aromatic carbocycles. The van der Waals surface area contributed by atoms with Crippen LogP contribution in [0.1, 0.15) is 31.1 Å². The summed E-state index contributed by atoms with van der Waals surface area (Å²) in [6.45, 7) is 5.18. The molecule has 0 radical (unpaired) electrons. The van der Waals surface area contributed by atoms with E-state index in [-0.39, 0.29) is 24.1 Å². The lowest BCUT2D eigenvalue weighted by Crippen LogP contribution is -2.36. The Morgan fingerprint density at radius 1 is 1.04 bits per heavy atom. The Balaban J connectivity index is 2.09. The highest BCUT2D eigenvalue weighted by molar-refractivity contribution is 6.02. The average Bonchev–Trinajstić information content (AvgIpc) is 2.61. The normalized spacial score (nSPS) is 10.1. The van der Waals surface area contributed by atoms with Crippen LogP contribution in [-0.4, -0.2) is 30.7 Å². The molecule has 0 saturated carbocycles. The SMILES string of the molecule is CCOc1ccc(N(CC(=O)Nc2cccc(C(C)=O)c2)C(C)=O)cc1. The van der Waals surface area contributed by atoms with Crippen LogP contribution in [-0.2, 0) is 9.59 Å². The summed E-state index contributed by atoms with van der Waals surface area (Å²) in [4.78, 5) is 37.1. The molecule has 0 bridgehead atoms. The Morgan fingerprint density at radius 3 is 2.31 bits per heavy atom. The number of hydrogen-bond acceptors (Lipinski definition) is 4. The van der Waals surface area contributed by atoms with Crippen LogP contribution in [0.3, 0.4) is 0 Å². The maximum atomic E-state index is 12.3. The third kappa shape index (κ3) is 5.17. The minimum atomic E-state index is -0.352. The molecule has 136 valence electrons. The highest BCUT2D eigenvalue weighted by Gasteiger charge is 2.16. The van der Waals surface area contributed by atoms with Crippen LogP contribution in [0.25, 0.3) is 0 Å². The van der Waals surface area contributed by atoms with Crippen LogP contribution in [0.15, 0.2) is 48.5 Å². The van der Waals surface area contributed by atoms with Crippen LogP contribution >= 0.6 is 0 Å². The van der Waals surface area contributed by atoms with Crippen molar-refractivity contribution in [2.75, 3.05) is 23.4 Å². The Kier molecular flexibility index (Phi) is 6.49. The maximum absolute atomic E-state index is 12.3. The molecule has 26 heavy (non-hydrogen) atoms. The monoisotopic (exact) mass is 354 g/mol. The number of Topliss-reactive ketones (excluding diaryl/α,β-unsaturated/α-hetero) is 1. The maximum Gasteiger partial charge on any atom is 0.244 e. The van der Waals surface area contributed by atoms with Gasteiger partial charge >= 0.3 is 0 Å². The molecular formula is C20H22N2O4. The largest absolute Gasteiger partial charge is 0.494 e. The average molecular weight is 354 g/mol. The van der Waals surface area contributed by atoms with Gasteiger partial charge in [0, 0.05) is 23.9 Å². The number of ether oxygens (including phenoxy) is 1. The Labute approximate surface area is 152 Å². The smallest absolute Gasteiger partial charge is 0.244 e. The first kappa shape index (κ1) is 19.2. The summed E-state index contributed by atoms with van der Waals surface area (Å²) in [5.74, 6) is 0.0164. The fraction of sp³-hybridized carbons (Fsp3) is 0.250. The first-order valence-electron chi connectivity index (χ1n) is 8.32. The molecule has 0 aliphatic heterocycles. The summed E-state index contributed by atoms with van der Waals surface area (Å²) in [6.07, 6.45) is 0. The zero-order valence-electron chi connectivity index (χ0n) is 15.1. The number of carbonyl (C=O) groups excluding carboxylic acids is 3. The number of nitrogens with zero attached hydrogens (tertiary/aromatic N) is 1. The molecular weight excluding hydrogens is 332 g/mol. The summed E-state index contributed by atoms with van der Waals surface area (Å²) in [5.41, 5.74) is 1.63. The highest BCUT2D eigenvalue weighted by atomic mass is 16.5. The van der Waals surface area contributed by atoms with Gasteiger partial charge in [-0.05, 0) is 50.2 Å². The lowest BCUT2D eigenvalue weighted by molar-refractivity contribution is -0.120. The van der Waals surface area contributed by atoms with Crippen molar-refractivity contribution in [2.45, 2.75) is 20.8 Å². The van der Waals surface area contributed by atoms with Gasteiger partial charge in [-0.2, -0.15) is 0 Å². The number of amides is 2. The molecule has 0 spiro atoms. The van der Waals surface area contributed by atoms with Crippen molar-refractivity contribution in [3.05, 3.63) is 54.1 Å². The van der Waals surface area contributed by atoms with Crippen LogP contribution in [0.5, 0.6) is 5.75 Å². The minimum absolute atomic E-state index is 0.0825. The van der Waals surface area contributed by atoms with Gasteiger partial charge in [-0.1, -0.05) is 12.1 Å². The van der Waals surface area contributed by atoms with Crippen molar-refractivity contribution in [3.8, 4) is 5.75 Å². The summed E-state index contributed by atoms with van der Waals surface area (Å²) >= 11 is 0. The number of benzene rings is 2. The van der Waals surface area contributed by atoms with Gasteiger partial charge in [0.1, 0.15) is 12.3 Å². The van der Waals surface area contributed by atoms with E-state index < -0.39 is 0 Å². The van der Waals surface area contributed by atoms with Crippen molar-refractivity contribution >= 4 is 29.0 Å². The van der Waals surface area contributed by atoms with Gasteiger partial charge in [0.2, 0.25) is 11.8 Å². The van der Waals surface area contributed by atoms with Gasteiger partial charge in [-0.25, -0.2) is 0 Å². The molecule has 2 rings (SSSR count). The molecule has 6 nitrogen and oxygen atoms in total. The molecule has 0 aliphatic carbocycles. The first-order chi connectivity index (χ1) is 12.4. The fourth-order valence-electron chi connectivity index (χ4n) is 2.43. The zero-order valence-corrected chi connectivity index (χ0v) is 15.1. The van der Waals surface area contributed by atoms with Crippen LogP contribution in [0.2, 0.25) is 0 Å². The summed E-state index contributed by atoms with van der Waals surface area (Å²) < 4.78 is 5.38. The van der Waals surface area contributed by atoms with Crippen LogP contribution in [0.4, 0.5) is 11.4 Å². The summed E-state index contributed by atoms with van der Waals surface area (Å²) in [7, 11) is 0. The molecule has 2 aromatic rings. The van der Waals surface area contributed by atoms with E-state index in [0.29, 0.717) is 29.3 Å². The molecule has 1 N–H and O–H groups in total. The van der Waals surface area contributed by atoms with E-state index in [2.05, 4.69) is 5.32 Å². The number of carbonyl (C=O) groups is 3. The van der Waals surface area contributed by atoms with Crippen LogP contribution < -0.4 is 15.0 Å². The topological polar surface area (TPSA) is 75.7 Å². The lowest BCUT2D eigenvalue weighted by Gasteiger charge is -2.21. The zero-order chi connectivity index (χ0) is 19.1. The van der Waals surface area contributed by atoms with Gasteiger partial charge in [0.15, 0.2) is 5.78 Å². The lowest BCUT2D eigenvalue weighted by atomic mass is 10.1. The first-order valence-corrected chi connectivity index (χ1v) is 8.32. The molecule has 0 fully saturated rings. The van der Waals surface area contributed by atoms with Gasteiger partial charge < -0.3 is 15.0 Å². The standard InChI is InChI=1S/C20H22N2O4/c1-4-26-19-10-8-18(9-11-19)22(15(3)24)13-20(25)21-17-7-5-6-16(12-17)14(2)23/h5-12H,4,13H2,1-3H3,(H,21,25). The third-order valence-electron chi connectivity index (χ3n) is 3.69. The highest BCUT2D eigenvalue weighted by Crippen LogP contribution is 2.20. The molecule has 6 heteroatoms. The molecule has 0 heterocycles. The summed E-state index contributed by atoms with van der Waals surface area (Å²) in [5, 5.41) is 2.71. The van der Waals surface area contributed by atoms with E-state index in [1.54, 1.807) is 48.5 Å². The van der Waals surface area contributed by atoms with Gasteiger partial charge in [0.05, 0.1) is 6.61 Å². The second-order valence-corrected chi connectivity index (χ2v) is 5.72. The predicted octanol–water partition coefficient (Wildman–Crippen LogP) is 3.28. The van der Waals surface area contributed by atoms with E-state index in [9.17, 15) is 14.4 Å². The molecule has 0 saturated heterocycles. The molecule has 2 amide bonds. The number of nitrogens with one attached hydrogen (secondary N) is 1. The summed E-state index contributed by atoms with van der Waals surface area (Å²) in [6, 6.07) is 13.6. The van der Waals surface area contributed by atoms with E-state index in [1.165, 1.54) is 18.7 Å². The van der Waals surface area contributed by atoms with Crippen molar-refractivity contribution < 1.29 is 19.1 Å². The Bertz CT molecular complexity index is 800. The number of anilines is 2. The Hall–Kier alpha value is -3.15. The molecule has 0 aromatic heterocycles. The molecule has 0 aliphatic rings.